The summed E-state index contributed by atoms with van der Waals surface area (Å²) in [6, 6.07) is 22.0. The first-order chi connectivity index (χ1) is 21.8. The van der Waals surface area contributed by atoms with Crippen molar-refractivity contribution in [3.63, 3.8) is 0 Å². The minimum Gasteiger partial charge on any atom is -0.465 e. The summed E-state index contributed by atoms with van der Waals surface area (Å²) in [5.41, 5.74) is 1.66. The van der Waals surface area contributed by atoms with Gasteiger partial charge >= 0.3 is 5.97 Å². The van der Waals surface area contributed by atoms with Gasteiger partial charge in [-0.3, -0.25) is 14.4 Å². The monoisotopic (exact) mass is 624 g/mol. The molecule has 3 aromatic rings. The summed E-state index contributed by atoms with van der Waals surface area (Å²) >= 11 is 1.61. The Hall–Kier alpha value is -3.88. The van der Waals surface area contributed by atoms with Crippen molar-refractivity contribution in [1.82, 2.24) is 4.90 Å². The van der Waals surface area contributed by atoms with Crippen LogP contribution in [0.5, 0.6) is 0 Å². The lowest BCUT2D eigenvalue weighted by Gasteiger charge is -2.42. The fourth-order valence-electron chi connectivity index (χ4n) is 7.82. The number of nitrogens with zero attached hydrogens (tertiary/aromatic N) is 2. The number of ether oxygens (including phenoxy) is 1. The molecule has 8 heteroatoms. The minimum absolute atomic E-state index is 0.0177. The zero-order chi connectivity index (χ0) is 31.7. The molecule has 3 aliphatic rings. The first kappa shape index (κ1) is 31.1. The van der Waals surface area contributed by atoms with Gasteiger partial charge in [0.2, 0.25) is 5.91 Å². The molecule has 2 amide bonds. The number of carbonyl (C=O) groups excluding carboxylic acids is 3. The van der Waals surface area contributed by atoms with E-state index in [1.165, 1.54) is 0 Å². The standard InChI is InChI=1S/C37H40N2O5S/c1-4-6-19-44-36(43)31-30-20-24(3)37(45-30)32(31)34(41)39(29(23-40)21-25-12-8-7-9-13-25)33(37)35(42)38(18-5-2)28-17-16-26-14-10-11-15-27(26)22-28/h4-5,7-17,22,24,29-33,40H,1-2,6,18-21,23H2,3H3/t24?,29-,30-,31+,32+,33?,37?/m1/s1. The molecule has 0 aliphatic carbocycles. The summed E-state index contributed by atoms with van der Waals surface area (Å²) in [4.78, 5) is 46.8. The van der Waals surface area contributed by atoms with Crippen LogP contribution in [0.3, 0.4) is 0 Å². The third-order valence-corrected chi connectivity index (χ3v) is 11.9. The summed E-state index contributed by atoms with van der Waals surface area (Å²) in [5.74, 6) is -2.28. The Kier molecular flexibility index (Phi) is 8.89. The number of benzene rings is 3. The number of rotatable bonds is 12. The van der Waals surface area contributed by atoms with E-state index < -0.39 is 34.6 Å². The largest absolute Gasteiger partial charge is 0.465 e. The molecule has 0 saturated carbocycles. The van der Waals surface area contributed by atoms with E-state index in [-0.39, 0.29) is 42.7 Å². The normalized spacial score (nSPS) is 27.3. The van der Waals surface area contributed by atoms with E-state index in [1.54, 1.807) is 33.7 Å². The lowest BCUT2D eigenvalue weighted by Crippen LogP contribution is -2.59. The molecule has 3 fully saturated rings. The van der Waals surface area contributed by atoms with E-state index in [9.17, 15) is 14.7 Å². The molecular formula is C37H40N2O5S. The van der Waals surface area contributed by atoms with Gasteiger partial charge in [0.1, 0.15) is 6.04 Å². The van der Waals surface area contributed by atoms with Gasteiger partial charge in [-0.1, -0.05) is 79.7 Å². The molecule has 3 aromatic carbocycles. The topological polar surface area (TPSA) is 87.1 Å². The zero-order valence-corrected chi connectivity index (χ0v) is 26.4. The average Bonchev–Trinajstić information content (AvgIpc) is 3.66. The molecule has 2 bridgehead atoms. The van der Waals surface area contributed by atoms with Gasteiger partial charge < -0.3 is 19.6 Å². The highest BCUT2D eigenvalue weighted by atomic mass is 32.2. The molecule has 3 unspecified atom stereocenters. The van der Waals surface area contributed by atoms with Crippen LogP contribution in [0.1, 0.15) is 25.3 Å². The van der Waals surface area contributed by atoms with E-state index in [4.69, 9.17) is 4.74 Å². The number of hydrogen-bond donors (Lipinski definition) is 1. The first-order valence-corrected chi connectivity index (χ1v) is 16.6. The van der Waals surface area contributed by atoms with Crippen LogP contribution in [0.25, 0.3) is 10.8 Å². The van der Waals surface area contributed by atoms with E-state index in [0.717, 1.165) is 16.3 Å². The molecule has 0 radical (unpaired) electrons. The molecule has 234 valence electrons. The fraction of sp³-hybridized carbons (Fsp3) is 0.378. The summed E-state index contributed by atoms with van der Waals surface area (Å²) in [6.07, 6.45) is 4.99. The maximum Gasteiger partial charge on any atom is 0.310 e. The number of anilines is 1. The van der Waals surface area contributed by atoms with E-state index in [0.29, 0.717) is 24.9 Å². The molecule has 7 nitrogen and oxygen atoms in total. The van der Waals surface area contributed by atoms with E-state index >= 15 is 4.79 Å². The Labute approximate surface area is 268 Å². The lowest BCUT2D eigenvalue weighted by molar-refractivity contribution is -0.154. The van der Waals surface area contributed by atoms with Crippen molar-refractivity contribution in [1.29, 1.82) is 0 Å². The van der Waals surface area contributed by atoms with Crippen LogP contribution in [-0.2, 0) is 25.5 Å². The van der Waals surface area contributed by atoms with Crippen molar-refractivity contribution in [3.05, 3.63) is 104 Å². The molecule has 1 spiro atoms. The van der Waals surface area contributed by atoms with Crippen molar-refractivity contribution >= 4 is 46.0 Å². The van der Waals surface area contributed by atoms with Crippen molar-refractivity contribution in [2.75, 3.05) is 24.7 Å². The average molecular weight is 625 g/mol. The Morgan fingerprint density at radius 1 is 1.09 bits per heavy atom. The molecule has 6 rings (SSSR count). The quantitative estimate of drug-likeness (QED) is 0.165. The van der Waals surface area contributed by atoms with Gasteiger partial charge in [-0.25, -0.2) is 0 Å². The van der Waals surface area contributed by atoms with Crippen LogP contribution < -0.4 is 4.90 Å². The van der Waals surface area contributed by atoms with Crippen molar-refractivity contribution < 1.29 is 24.2 Å². The summed E-state index contributed by atoms with van der Waals surface area (Å²) in [7, 11) is 0. The smallest absolute Gasteiger partial charge is 0.310 e. The highest BCUT2D eigenvalue weighted by molar-refractivity contribution is 8.02. The maximum atomic E-state index is 15.1. The van der Waals surface area contributed by atoms with Gasteiger partial charge in [-0.05, 0) is 53.6 Å². The number of thioether (sulfide) groups is 1. The second-order valence-corrected chi connectivity index (χ2v) is 13.9. The molecule has 3 heterocycles. The lowest BCUT2D eigenvalue weighted by atomic mass is 9.66. The molecule has 0 aromatic heterocycles. The zero-order valence-electron chi connectivity index (χ0n) is 25.6. The Morgan fingerprint density at radius 3 is 2.53 bits per heavy atom. The highest BCUT2D eigenvalue weighted by Gasteiger charge is 2.77. The third-order valence-electron chi connectivity index (χ3n) is 9.80. The number of likely N-dealkylation sites (tertiary alicyclic amines) is 1. The number of carbonyl (C=O) groups is 3. The predicted molar refractivity (Wildman–Crippen MR) is 179 cm³/mol. The molecule has 3 saturated heterocycles. The molecule has 45 heavy (non-hydrogen) atoms. The second kappa shape index (κ2) is 12.9. The van der Waals surface area contributed by atoms with Gasteiger partial charge in [-0.15, -0.1) is 24.9 Å². The minimum atomic E-state index is -0.891. The Balaban J connectivity index is 1.45. The number of amides is 2. The second-order valence-electron chi connectivity index (χ2n) is 12.3. The predicted octanol–water partition coefficient (Wildman–Crippen LogP) is 5.42. The van der Waals surface area contributed by atoms with Crippen LogP contribution >= 0.6 is 11.8 Å². The molecule has 7 atom stereocenters. The van der Waals surface area contributed by atoms with E-state index in [1.807, 2.05) is 72.8 Å². The number of aliphatic hydroxyl groups excluding tert-OH is 1. The summed E-state index contributed by atoms with van der Waals surface area (Å²) in [6.45, 7) is 9.88. The van der Waals surface area contributed by atoms with Crippen LogP contribution in [0.15, 0.2) is 98.1 Å². The Bertz CT molecular complexity index is 1610. The number of esters is 1. The van der Waals surface area contributed by atoms with Gasteiger partial charge in [0.05, 0.1) is 35.8 Å². The van der Waals surface area contributed by atoms with Crippen LogP contribution in [-0.4, -0.2) is 69.6 Å². The SMILES string of the molecule is C=CCCOC(=O)[C@@H]1[C@H]2C(=O)N([C@@H](CO)Cc3ccccc3)C(C(=O)N(CC=C)c3ccc4ccccc4c3)C23S[C@@H]1CC3C. The van der Waals surface area contributed by atoms with Crippen molar-refractivity contribution in [3.8, 4) is 0 Å². The van der Waals surface area contributed by atoms with Gasteiger partial charge in [0.15, 0.2) is 0 Å². The first-order valence-electron chi connectivity index (χ1n) is 15.7. The maximum absolute atomic E-state index is 15.1. The molecular weight excluding hydrogens is 584 g/mol. The molecule has 1 N–H and O–H groups in total. The van der Waals surface area contributed by atoms with Crippen molar-refractivity contribution in [2.24, 2.45) is 17.8 Å². The van der Waals surface area contributed by atoms with Gasteiger partial charge in [0, 0.05) is 17.5 Å². The number of aliphatic hydroxyl groups is 1. The number of hydrogen-bond acceptors (Lipinski definition) is 6. The van der Waals surface area contributed by atoms with Gasteiger partial charge in [0.25, 0.3) is 5.91 Å². The van der Waals surface area contributed by atoms with Gasteiger partial charge in [-0.2, -0.15) is 0 Å². The van der Waals surface area contributed by atoms with Crippen LogP contribution in [0.4, 0.5) is 5.69 Å². The van der Waals surface area contributed by atoms with E-state index in [2.05, 4.69) is 20.1 Å². The third kappa shape index (κ3) is 5.28. The summed E-state index contributed by atoms with van der Waals surface area (Å²) in [5, 5.41) is 12.7. The van der Waals surface area contributed by atoms with Crippen LogP contribution in [0, 0.1) is 17.8 Å². The fourth-order valence-corrected chi connectivity index (χ4v) is 10.2. The number of fused-ring (bicyclic) bond motifs is 2. The van der Waals surface area contributed by atoms with Crippen LogP contribution in [0.2, 0.25) is 0 Å². The Morgan fingerprint density at radius 2 is 1.82 bits per heavy atom. The van der Waals surface area contributed by atoms with Crippen molar-refractivity contribution in [2.45, 2.75) is 48.3 Å². The molecule has 3 aliphatic heterocycles. The summed E-state index contributed by atoms with van der Waals surface area (Å²) < 4.78 is 4.82. The highest BCUT2D eigenvalue weighted by Crippen LogP contribution is 2.69.